The molecule has 0 atom stereocenters. The molecule has 0 aliphatic carbocycles. The van der Waals surface area contributed by atoms with Gasteiger partial charge >= 0.3 is 113 Å². The molecule has 0 N–H and O–H groups in total. The zero-order valence-electron chi connectivity index (χ0n) is 5.17. The maximum absolute atomic E-state index is 9.32. The van der Waals surface area contributed by atoms with Crippen molar-refractivity contribution in [2.75, 3.05) is 0 Å². The van der Waals surface area contributed by atoms with Crippen LogP contribution in [0.3, 0.4) is 0 Å². The maximum atomic E-state index is 9.32. The Balaban J connectivity index is -0.000000107. The van der Waals surface area contributed by atoms with Crippen LogP contribution in [-0.2, 0) is 13.4 Å². The van der Waals surface area contributed by atoms with E-state index in [9.17, 15) is 28.7 Å². The van der Waals surface area contributed by atoms with Gasteiger partial charge in [0.1, 0.15) is 0 Å². The van der Waals surface area contributed by atoms with Gasteiger partial charge in [-0.1, -0.05) is 0 Å². The summed E-state index contributed by atoms with van der Waals surface area (Å²) in [7, 11) is -11.4. The van der Waals surface area contributed by atoms with Crippen molar-refractivity contribution in [3.05, 3.63) is 0 Å². The van der Waals surface area contributed by atoms with Crippen molar-refractivity contribution in [1.82, 2.24) is 0 Å². The second-order valence-corrected chi connectivity index (χ2v) is 3.42. The van der Waals surface area contributed by atoms with Crippen molar-refractivity contribution in [2.45, 2.75) is 0 Å². The molecule has 0 fully saturated rings. The summed E-state index contributed by atoms with van der Waals surface area (Å²) < 4.78 is 21.2. The van der Waals surface area contributed by atoms with Crippen molar-refractivity contribution in [3.63, 3.8) is 0 Å². The second-order valence-electron chi connectivity index (χ2n) is 0.976. The third kappa shape index (κ3) is 23.7. The van der Waals surface area contributed by atoms with E-state index in [-0.39, 0.29) is 113 Å². The van der Waals surface area contributed by atoms with Crippen LogP contribution in [0, 0.1) is 0 Å². The van der Waals surface area contributed by atoms with Gasteiger partial charge in [-0.25, -0.2) is 0 Å². The Labute approximate surface area is 158 Å². The molecule has 12 heavy (non-hydrogen) atoms. The van der Waals surface area contributed by atoms with Gasteiger partial charge in [-0.2, -0.15) is 0 Å². The fourth-order valence-electron chi connectivity index (χ4n) is 0.122. The van der Waals surface area contributed by atoms with E-state index in [4.69, 9.17) is 0 Å². The Bertz CT molecular complexity index is 157. The summed E-state index contributed by atoms with van der Waals surface area (Å²) in [5.41, 5.74) is 0. The van der Waals surface area contributed by atoms with Gasteiger partial charge in [-0.05, 0) is 0 Å². The molecule has 0 saturated carbocycles. The monoisotopic (exact) mass is 296 g/mol. The zero-order valence-corrected chi connectivity index (χ0v) is 11.4. The van der Waals surface area contributed by atoms with E-state index in [1.54, 1.807) is 0 Å². The van der Waals surface area contributed by atoms with Crippen molar-refractivity contribution in [1.29, 1.82) is 0 Å². The molecule has 0 amide bonds. The third-order valence-corrected chi connectivity index (χ3v) is 1.80. The molecule has 12 heteroatoms. The molecule has 0 spiro atoms. The normalized spacial score (nSPS) is 10.3. The van der Waals surface area contributed by atoms with E-state index in [2.05, 4.69) is 4.31 Å². The summed E-state index contributed by atoms with van der Waals surface area (Å²) in [6.07, 6.45) is 0. The molecule has 0 rings (SSSR count). The first-order valence-electron chi connectivity index (χ1n) is 1.46. The Morgan fingerprint density at radius 3 is 1.00 bits per heavy atom. The molecular formula is H2Ca3O7P2. The number of phosphoric acid groups is 2. The molecule has 0 radical (unpaired) electrons. The first kappa shape index (κ1) is 25.0. The van der Waals surface area contributed by atoms with Gasteiger partial charge in [-0.3, -0.25) is 0 Å². The van der Waals surface area contributed by atoms with Crippen molar-refractivity contribution >= 4 is 129 Å². The second kappa shape index (κ2) is 10.2. The minimum atomic E-state index is -5.68. The van der Waals surface area contributed by atoms with Crippen LogP contribution in [0.15, 0.2) is 0 Å². The summed E-state index contributed by atoms with van der Waals surface area (Å²) in [4.78, 5) is 37.3. The van der Waals surface area contributed by atoms with Gasteiger partial charge in [0, 0.05) is 0 Å². The Hall–Kier alpha value is 4.04. The van der Waals surface area contributed by atoms with Gasteiger partial charge in [0.2, 0.25) is 0 Å². The Morgan fingerprint density at radius 1 is 0.833 bits per heavy atom. The Kier molecular flexibility index (Phi) is 21.3. The predicted octanol–water partition coefficient (Wildman–Crippen LogP) is -5.02. The molecule has 0 bridgehead atoms. The molecule has 0 aliphatic heterocycles. The molecule has 7 nitrogen and oxygen atoms in total. The van der Waals surface area contributed by atoms with Gasteiger partial charge < -0.3 is 33.0 Å². The minimum absolute atomic E-state index is 0. The zero-order chi connectivity index (χ0) is 7.71. The Morgan fingerprint density at radius 2 is 1.00 bits per heavy atom. The number of hydrogen-bond acceptors (Lipinski definition) is 7. The molecular weight excluding hydrogens is 294 g/mol. The average Bonchev–Trinajstić information content (AvgIpc) is 1.14. The SMILES string of the molecule is O=P([O-])([O-])OP(=O)([O-])[O-].[Ca+2].[Ca+2].[CaH2]. The van der Waals surface area contributed by atoms with Crippen LogP contribution in [0.5, 0.6) is 0 Å². The molecule has 0 heterocycles. The fourth-order valence-corrected chi connectivity index (χ4v) is 1.10. The van der Waals surface area contributed by atoms with E-state index < -0.39 is 15.6 Å². The van der Waals surface area contributed by atoms with Crippen LogP contribution in [0.1, 0.15) is 0 Å². The summed E-state index contributed by atoms with van der Waals surface area (Å²) in [5, 5.41) is 0. The standard InChI is InChI=1S/3Ca.H4O7P2.2H/c;;;1-8(2,3)7-9(4,5)6;;/h;;;(H2,1,2,3)(H2,4,5,6);;/q;2*+2;;;/p-4. The summed E-state index contributed by atoms with van der Waals surface area (Å²) in [5.74, 6) is 0. The van der Waals surface area contributed by atoms with Crippen LogP contribution in [0.4, 0.5) is 0 Å². The molecule has 0 aliphatic rings. The van der Waals surface area contributed by atoms with E-state index in [1.165, 1.54) is 0 Å². The molecule has 0 aromatic carbocycles. The van der Waals surface area contributed by atoms with Crippen molar-refractivity contribution in [3.8, 4) is 0 Å². The third-order valence-electron chi connectivity index (χ3n) is 0.200. The van der Waals surface area contributed by atoms with Crippen molar-refractivity contribution in [2.24, 2.45) is 0 Å². The van der Waals surface area contributed by atoms with Crippen LogP contribution >= 0.6 is 15.6 Å². The molecule has 60 valence electrons. The van der Waals surface area contributed by atoms with E-state index >= 15 is 0 Å². The van der Waals surface area contributed by atoms with Crippen LogP contribution in [-0.4, -0.2) is 113 Å². The van der Waals surface area contributed by atoms with E-state index in [1.807, 2.05) is 0 Å². The number of rotatable bonds is 2. The van der Waals surface area contributed by atoms with Gasteiger partial charge in [0.05, 0.1) is 15.6 Å². The van der Waals surface area contributed by atoms with Gasteiger partial charge in [0.25, 0.3) is 0 Å². The van der Waals surface area contributed by atoms with Gasteiger partial charge in [-0.15, -0.1) is 0 Å². The molecule has 0 aromatic heterocycles. The summed E-state index contributed by atoms with van der Waals surface area (Å²) >= 11 is 0. The average molecular weight is 296 g/mol. The fraction of sp³-hybridized carbons (Fsp3) is 0. The van der Waals surface area contributed by atoms with Crippen LogP contribution < -0.4 is 19.6 Å². The summed E-state index contributed by atoms with van der Waals surface area (Å²) in [6.45, 7) is 0. The van der Waals surface area contributed by atoms with Crippen LogP contribution in [0.25, 0.3) is 0 Å². The quantitative estimate of drug-likeness (QED) is 0.367. The van der Waals surface area contributed by atoms with Crippen molar-refractivity contribution < 1.29 is 33.0 Å². The first-order chi connectivity index (χ1) is 3.71. The van der Waals surface area contributed by atoms with E-state index in [0.717, 1.165) is 0 Å². The molecule has 0 aromatic rings. The molecule has 0 unspecified atom stereocenters. The first-order valence-corrected chi connectivity index (χ1v) is 4.38. The van der Waals surface area contributed by atoms with Crippen LogP contribution in [0.2, 0.25) is 0 Å². The topological polar surface area (TPSA) is 136 Å². The summed E-state index contributed by atoms with van der Waals surface area (Å²) in [6, 6.07) is 0. The number of hydrogen-bond donors (Lipinski definition) is 0. The van der Waals surface area contributed by atoms with E-state index in [0.29, 0.717) is 0 Å². The predicted molar refractivity (Wildman–Crippen MR) is 36.4 cm³/mol. The van der Waals surface area contributed by atoms with Gasteiger partial charge in [0.15, 0.2) is 0 Å². The molecule has 0 saturated heterocycles.